The number of para-hydroxylation sites is 1. The smallest absolute Gasteiger partial charge is 0.249 e. The highest BCUT2D eigenvalue weighted by Crippen LogP contribution is 2.25. The molecule has 4 nitrogen and oxygen atoms in total. The van der Waals surface area contributed by atoms with Gasteiger partial charge in [-0.3, -0.25) is 14.5 Å². The van der Waals surface area contributed by atoms with Gasteiger partial charge in [0.25, 0.3) is 0 Å². The number of amides is 2. The van der Waals surface area contributed by atoms with Crippen LogP contribution in [0.25, 0.3) is 0 Å². The van der Waals surface area contributed by atoms with Crippen LogP contribution < -0.4 is 4.90 Å². The first-order valence-electron chi connectivity index (χ1n) is 7.40. The zero-order valence-electron chi connectivity index (χ0n) is 11.6. The van der Waals surface area contributed by atoms with Gasteiger partial charge in [-0.2, -0.15) is 0 Å². The van der Waals surface area contributed by atoms with Crippen LogP contribution in [0.2, 0.25) is 0 Å². The van der Waals surface area contributed by atoms with E-state index >= 15 is 0 Å². The number of benzene rings is 1. The van der Waals surface area contributed by atoms with Crippen LogP contribution in [0.4, 0.5) is 5.69 Å². The van der Waals surface area contributed by atoms with E-state index in [0.29, 0.717) is 13.1 Å². The van der Waals surface area contributed by atoms with Crippen LogP contribution in [-0.2, 0) is 9.59 Å². The zero-order valence-corrected chi connectivity index (χ0v) is 11.6. The molecule has 20 heavy (non-hydrogen) atoms. The Bertz CT molecular complexity index is 476. The highest BCUT2D eigenvalue weighted by atomic mass is 16.2. The van der Waals surface area contributed by atoms with Gasteiger partial charge in [-0.1, -0.05) is 37.5 Å². The number of piperazine rings is 1. The summed E-state index contributed by atoms with van der Waals surface area (Å²) in [4.78, 5) is 28.1. The summed E-state index contributed by atoms with van der Waals surface area (Å²) in [5.74, 6) is -0.0889. The molecule has 0 atom stereocenters. The summed E-state index contributed by atoms with van der Waals surface area (Å²) in [6.07, 6.45) is 5.43. The van der Waals surface area contributed by atoms with E-state index in [9.17, 15) is 9.59 Å². The Kier molecular flexibility index (Phi) is 3.72. The molecular formula is C16H20N2O2. The molecule has 0 bridgehead atoms. The third-order valence-electron chi connectivity index (χ3n) is 4.25. The van der Waals surface area contributed by atoms with Crippen molar-refractivity contribution in [3.63, 3.8) is 0 Å². The van der Waals surface area contributed by atoms with E-state index in [0.717, 1.165) is 31.4 Å². The lowest BCUT2D eigenvalue weighted by atomic mass is 9.93. The first kappa shape index (κ1) is 13.2. The fourth-order valence-corrected chi connectivity index (χ4v) is 3.24. The quantitative estimate of drug-likeness (QED) is 0.775. The zero-order chi connectivity index (χ0) is 13.9. The van der Waals surface area contributed by atoms with Gasteiger partial charge in [0, 0.05) is 11.7 Å². The largest absolute Gasteiger partial charge is 0.353 e. The first-order chi connectivity index (χ1) is 9.75. The highest BCUT2D eigenvalue weighted by Gasteiger charge is 2.36. The van der Waals surface area contributed by atoms with E-state index in [4.69, 9.17) is 0 Å². The molecule has 106 valence electrons. The molecule has 2 aliphatic rings. The summed E-state index contributed by atoms with van der Waals surface area (Å²) in [5.41, 5.74) is 0.942. The Labute approximate surface area is 119 Å². The Morgan fingerprint density at radius 3 is 2.05 bits per heavy atom. The van der Waals surface area contributed by atoms with E-state index < -0.39 is 0 Å². The van der Waals surface area contributed by atoms with Crippen LogP contribution >= 0.6 is 0 Å². The standard InChI is InChI=1S/C16H20N2O2/c19-15-11-17(13-7-3-1-4-8-13)12-16(20)18(15)14-9-5-2-6-10-14/h1,3-4,7-8,14H,2,5-6,9-12H2. The van der Waals surface area contributed by atoms with Crippen LogP contribution in [0.15, 0.2) is 30.3 Å². The number of hydrogen-bond acceptors (Lipinski definition) is 3. The first-order valence-corrected chi connectivity index (χ1v) is 7.40. The number of rotatable bonds is 2. The van der Waals surface area contributed by atoms with Crippen molar-refractivity contribution in [2.45, 2.75) is 38.1 Å². The van der Waals surface area contributed by atoms with Crippen molar-refractivity contribution in [2.24, 2.45) is 0 Å². The molecule has 0 unspecified atom stereocenters. The molecule has 3 rings (SSSR count). The number of anilines is 1. The van der Waals surface area contributed by atoms with Crippen molar-refractivity contribution in [2.75, 3.05) is 18.0 Å². The summed E-state index contributed by atoms with van der Waals surface area (Å²) in [7, 11) is 0. The van der Waals surface area contributed by atoms with Crippen molar-refractivity contribution in [3.05, 3.63) is 30.3 Å². The van der Waals surface area contributed by atoms with E-state index in [1.165, 1.54) is 6.42 Å². The minimum atomic E-state index is -0.0444. The van der Waals surface area contributed by atoms with Crippen molar-refractivity contribution in [1.82, 2.24) is 4.90 Å². The topological polar surface area (TPSA) is 40.6 Å². The van der Waals surface area contributed by atoms with Crippen molar-refractivity contribution in [1.29, 1.82) is 0 Å². The van der Waals surface area contributed by atoms with Gasteiger partial charge < -0.3 is 4.90 Å². The van der Waals surface area contributed by atoms with Gasteiger partial charge in [-0.15, -0.1) is 0 Å². The maximum atomic E-state index is 12.4. The maximum absolute atomic E-state index is 12.4. The molecule has 0 spiro atoms. The van der Waals surface area contributed by atoms with Crippen LogP contribution in [0.3, 0.4) is 0 Å². The van der Waals surface area contributed by atoms with E-state index in [1.54, 1.807) is 4.90 Å². The monoisotopic (exact) mass is 272 g/mol. The minimum Gasteiger partial charge on any atom is -0.353 e. The van der Waals surface area contributed by atoms with Crippen LogP contribution in [0, 0.1) is 0 Å². The lowest BCUT2D eigenvalue weighted by Gasteiger charge is -2.39. The van der Waals surface area contributed by atoms with Gasteiger partial charge in [0.2, 0.25) is 11.8 Å². The summed E-state index contributed by atoms with van der Waals surface area (Å²) >= 11 is 0. The van der Waals surface area contributed by atoms with Crippen molar-refractivity contribution < 1.29 is 9.59 Å². The third kappa shape index (κ3) is 2.55. The fraction of sp³-hybridized carbons (Fsp3) is 0.500. The van der Waals surface area contributed by atoms with Gasteiger partial charge in [-0.05, 0) is 25.0 Å². The molecule has 1 aliphatic carbocycles. The molecule has 4 heteroatoms. The lowest BCUT2D eigenvalue weighted by molar-refractivity contribution is -0.149. The molecule has 1 saturated carbocycles. The average Bonchev–Trinajstić information content (AvgIpc) is 2.48. The van der Waals surface area contributed by atoms with Gasteiger partial charge >= 0.3 is 0 Å². The second-order valence-electron chi connectivity index (χ2n) is 5.64. The number of nitrogens with zero attached hydrogens (tertiary/aromatic N) is 2. The van der Waals surface area contributed by atoms with Crippen LogP contribution in [0.5, 0.6) is 0 Å². The average molecular weight is 272 g/mol. The molecule has 1 aromatic rings. The maximum Gasteiger partial charge on any atom is 0.249 e. The minimum absolute atomic E-state index is 0.0444. The fourth-order valence-electron chi connectivity index (χ4n) is 3.24. The number of carbonyl (C=O) groups excluding carboxylic acids is 2. The van der Waals surface area contributed by atoms with Gasteiger partial charge in [0.15, 0.2) is 0 Å². The summed E-state index contributed by atoms with van der Waals surface area (Å²) in [6, 6.07) is 9.82. The third-order valence-corrected chi connectivity index (χ3v) is 4.25. The molecule has 1 saturated heterocycles. The van der Waals surface area contributed by atoms with Gasteiger partial charge in [0.1, 0.15) is 0 Å². The highest BCUT2D eigenvalue weighted by molar-refractivity contribution is 6.03. The van der Waals surface area contributed by atoms with Crippen molar-refractivity contribution >= 4 is 17.5 Å². The van der Waals surface area contributed by atoms with E-state index in [1.807, 2.05) is 35.2 Å². The molecule has 1 heterocycles. The van der Waals surface area contributed by atoms with Gasteiger partial charge in [0.05, 0.1) is 13.1 Å². The second-order valence-corrected chi connectivity index (χ2v) is 5.64. The number of carbonyl (C=O) groups is 2. The number of hydrogen-bond donors (Lipinski definition) is 0. The summed E-state index contributed by atoms with van der Waals surface area (Å²) in [5, 5.41) is 0. The normalized spacial score (nSPS) is 21.4. The molecule has 1 aromatic carbocycles. The number of imide groups is 1. The molecule has 0 aromatic heterocycles. The molecule has 0 radical (unpaired) electrons. The molecule has 2 fully saturated rings. The Hall–Kier alpha value is -1.84. The molecule has 1 aliphatic heterocycles. The Balaban J connectivity index is 1.73. The van der Waals surface area contributed by atoms with E-state index in [2.05, 4.69) is 0 Å². The van der Waals surface area contributed by atoms with Crippen molar-refractivity contribution in [3.8, 4) is 0 Å². The molecular weight excluding hydrogens is 252 g/mol. The predicted molar refractivity (Wildman–Crippen MR) is 77.4 cm³/mol. The van der Waals surface area contributed by atoms with Gasteiger partial charge in [-0.25, -0.2) is 0 Å². The van der Waals surface area contributed by atoms with E-state index in [-0.39, 0.29) is 17.9 Å². The lowest BCUT2D eigenvalue weighted by Crippen LogP contribution is -2.57. The predicted octanol–water partition coefficient (Wildman–Crippen LogP) is 2.19. The Morgan fingerprint density at radius 1 is 0.850 bits per heavy atom. The Morgan fingerprint density at radius 2 is 1.45 bits per heavy atom. The molecule has 0 N–H and O–H groups in total. The molecule has 2 amide bonds. The van der Waals surface area contributed by atoms with Crippen LogP contribution in [0.1, 0.15) is 32.1 Å². The summed E-state index contributed by atoms with van der Waals surface area (Å²) in [6.45, 7) is 0.624. The summed E-state index contributed by atoms with van der Waals surface area (Å²) < 4.78 is 0. The SMILES string of the molecule is O=C1CN(c2ccccc2)CC(=O)N1C1CCCCC1. The second kappa shape index (κ2) is 5.65. The van der Waals surface area contributed by atoms with Crippen LogP contribution in [-0.4, -0.2) is 35.8 Å².